The van der Waals surface area contributed by atoms with Gasteiger partial charge >= 0.3 is 0 Å². The third-order valence-electron chi connectivity index (χ3n) is 3.44. The van der Waals surface area contributed by atoms with Crippen LogP contribution < -0.4 is 0 Å². The zero-order chi connectivity index (χ0) is 18.6. The van der Waals surface area contributed by atoms with Crippen LogP contribution in [0.15, 0.2) is 74.6 Å². The number of nitrogens with zero attached hydrogens (tertiary/aromatic N) is 2. The van der Waals surface area contributed by atoms with Gasteiger partial charge in [-0.2, -0.15) is 0 Å². The molecule has 0 saturated heterocycles. The van der Waals surface area contributed by atoms with Crippen molar-refractivity contribution in [3.8, 4) is 11.5 Å². The molecule has 0 aliphatic heterocycles. The van der Waals surface area contributed by atoms with Gasteiger partial charge in [-0.25, -0.2) is 8.42 Å². The molecule has 0 aliphatic rings. The van der Waals surface area contributed by atoms with Gasteiger partial charge in [0.1, 0.15) is 0 Å². The molecule has 0 saturated carbocycles. The summed E-state index contributed by atoms with van der Waals surface area (Å²) >= 11 is 7.35. The van der Waals surface area contributed by atoms with E-state index >= 15 is 0 Å². The standard InChI is InChI=1S/C18H15ClN2O3S2/c1-13-7-9-14(10-8-13)26(22,23)12-4-11-25-18-21-20-17(24-18)15-5-2-3-6-16(15)19/h2-10,12H,11H2,1H3. The van der Waals surface area contributed by atoms with Gasteiger partial charge in [0.25, 0.3) is 5.22 Å². The predicted molar refractivity (Wildman–Crippen MR) is 103 cm³/mol. The first-order valence-corrected chi connectivity index (χ1v) is 10.6. The molecule has 0 atom stereocenters. The van der Waals surface area contributed by atoms with Crippen LogP contribution in [-0.2, 0) is 9.84 Å². The lowest BCUT2D eigenvalue weighted by Crippen LogP contribution is -1.96. The van der Waals surface area contributed by atoms with Gasteiger partial charge in [0, 0.05) is 11.2 Å². The van der Waals surface area contributed by atoms with E-state index in [2.05, 4.69) is 10.2 Å². The van der Waals surface area contributed by atoms with E-state index in [4.69, 9.17) is 16.0 Å². The molecule has 134 valence electrons. The molecule has 2 aromatic carbocycles. The number of hydrogen-bond acceptors (Lipinski definition) is 6. The zero-order valence-electron chi connectivity index (χ0n) is 13.8. The van der Waals surface area contributed by atoms with E-state index < -0.39 is 9.84 Å². The largest absolute Gasteiger partial charge is 0.411 e. The molecule has 5 nitrogen and oxygen atoms in total. The predicted octanol–water partition coefficient (Wildman–Crippen LogP) is 4.78. The van der Waals surface area contributed by atoms with Crippen molar-refractivity contribution in [3.05, 3.63) is 70.6 Å². The van der Waals surface area contributed by atoms with Crippen molar-refractivity contribution < 1.29 is 12.8 Å². The molecular formula is C18H15ClN2O3S2. The van der Waals surface area contributed by atoms with Crippen molar-refractivity contribution in [1.29, 1.82) is 0 Å². The van der Waals surface area contributed by atoms with Gasteiger partial charge in [-0.1, -0.05) is 59.3 Å². The summed E-state index contributed by atoms with van der Waals surface area (Å²) in [6, 6.07) is 13.9. The highest BCUT2D eigenvalue weighted by atomic mass is 35.5. The summed E-state index contributed by atoms with van der Waals surface area (Å²) < 4.78 is 30.0. The molecule has 1 heterocycles. The number of sulfone groups is 1. The number of benzene rings is 2. The number of rotatable bonds is 6. The molecule has 0 N–H and O–H groups in total. The third-order valence-corrected chi connectivity index (χ3v) is 6.02. The van der Waals surface area contributed by atoms with E-state index in [-0.39, 0.29) is 4.90 Å². The highest BCUT2D eigenvalue weighted by Crippen LogP contribution is 2.28. The van der Waals surface area contributed by atoms with Crippen LogP contribution in [0.3, 0.4) is 0 Å². The highest BCUT2D eigenvalue weighted by molar-refractivity contribution is 7.99. The van der Waals surface area contributed by atoms with E-state index in [0.717, 1.165) is 5.56 Å². The van der Waals surface area contributed by atoms with E-state index in [9.17, 15) is 8.42 Å². The maximum atomic E-state index is 12.2. The number of halogens is 1. The van der Waals surface area contributed by atoms with Crippen molar-refractivity contribution in [2.75, 3.05) is 5.75 Å². The molecule has 0 spiro atoms. The Bertz CT molecular complexity index is 1030. The Morgan fingerprint density at radius 1 is 1.12 bits per heavy atom. The molecule has 0 radical (unpaired) electrons. The molecule has 0 amide bonds. The minimum atomic E-state index is -3.45. The minimum absolute atomic E-state index is 0.267. The molecule has 0 unspecified atom stereocenters. The van der Waals surface area contributed by atoms with Gasteiger partial charge in [0.2, 0.25) is 5.89 Å². The molecular weight excluding hydrogens is 392 g/mol. The fraction of sp³-hybridized carbons (Fsp3) is 0.111. The molecule has 0 bridgehead atoms. The topological polar surface area (TPSA) is 73.1 Å². The van der Waals surface area contributed by atoms with E-state index in [0.29, 0.717) is 27.5 Å². The first-order valence-electron chi connectivity index (χ1n) is 7.65. The summed E-state index contributed by atoms with van der Waals surface area (Å²) in [6.07, 6.45) is 1.55. The van der Waals surface area contributed by atoms with Gasteiger partial charge in [0.15, 0.2) is 9.84 Å². The summed E-state index contributed by atoms with van der Waals surface area (Å²) in [6.45, 7) is 1.91. The minimum Gasteiger partial charge on any atom is -0.411 e. The lowest BCUT2D eigenvalue weighted by atomic mass is 10.2. The Morgan fingerprint density at radius 3 is 2.58 bits per heavy atom. The molecule has 3 aromatic rings. The van der Waals surface area contributed by atoms with Gasteiger partial charge < -0.3 is 4.42 Å². The van der Waals surface area contributed by atoms with E-state index in [1.807, 2.05) is 19.1 Å². The Labute approximate surface area is 161 Å². The average Bonchev–Trinajstić information content (AvgIpc) is 3.08. The van der Waals surface area contributed by atoms with Crippen LogP contribution in [0.4, 0.5) is 0 Å². The molecule has 1 aromatic heterocycles. The third kappa shape index (κ3) is 4.55. The Morgan fingerprint density at radius 2 is 1.85 bits per heavy atom. The maximum absolute atomic E-state index is 12.2. The summed E-state index contributed by atoms with van der Waals surface area (Å²) in [5.74, 6) is 0.712. The quantitative estimate of drug-likeness (QED) is 0.548. The smallest absolute Gasteiger partial charge is 0.277 e. The molecule has 26 heavy (non-hydrogen) atoms. The zero-order valence-corrected chi connectivity index (χ0v) is 16.2. The average molecular weight is 407 g/mol. The van der Waals surface area contributed by atoms with Crippen molar-refractivity contribution >= 4 is 33.2 Å². The second-order valence-electron chi connectivity index (χ2n) is 5.39. The SMILES string of the molecule is Cc1ccc(S(=O)(=O)C=CCSc2nnc(-c3ccccc3Cl)o2)cc1. The van der Waals surface area contributed by atoms with Gasteiger partial charge in [0.05, 0.1) is 15.5 Å². The Balaban J connectivity index is 1.62. The normalized spacial score (nSPS) is 11.9. The van der Waals surface area contributed by atoms with Crippen molar-refractivity contribution in [2.45, 2.75) is 17.0 Å². The molecule has 0 fully saturated rings. The second-order valence-corrected chi connectivity index (χ2v) is 8.61. The van der Waals surface area contributed by atoms with Crippen molar-refractivity contribution in [2.24, 2.45) is 0 Å². The van der Waals surface area contributed by atoms with Crippen LogP contribution in [0.25, 0.3) is 11.5 Å². The molecule has 3 rings (SSSR count). The Hall–Kier alpha value is -2.09. The second kappa shape index (κ2) is 8.07. The van der Waals surface area contributed by atoms with Crippen LogP contribution in [-0.4, -0.2) is 24.4 Å². The monoisotopic (exact) mass is 406 g/mol. The first kappa shape index (κ1) is 18.7. The molecule has 0 aliphatic carbocycles. The van der Waals surface area contributed by atoms with E-state index in [1.54, 1.807) is 42.5 Å². The Kier molecular flexibility index (Phi) is 5.80. The summed E-state index contributed by atoms with van der Waals surface area (Å²) in [7, 11) is -3.45. The van der Waals surface area contributed by atoms with Crippen molar-refractivity contribution in [3.63, 3.8) is 0 Å². The number of hydrogen-bond donors (Lipinski definition) is 0. The first-order chi connectivity index (χ1) is 12.5. The summed E-state index contributed by atoms with van der Waals surface area (Å²) in [5.41, 5.74) is 1.67. The van der Waals surface area contributed by atoms with Crippen LogP contribution in [0.1, 0.15) is 5.56 Å². The number of aromatic nitrogens is 2. The van der Waals surface area contributed by atoms with Gasteiger partial charge in [-0.15, -0.1) is 10.2 Å². The van der Waals surface area contributed by atoms with Crippen LogP contribution in [0.5, 0.6) is 0 Å². The van der Waals surface area contributed by atoms with Crippen LogP contribution in [0, 0.1) is 6.92 Å². The number of aryl methyl sites for hydroxylation is 1. The van der Waals surface area contributed by atoms with Gasteiger partial charge in [-0.05, 0) is 31.2 Å². The van der Waals surface area contributed by atoms with Crippen LogP contribution in [0.2, 0.25) is 5.02 Å². The maximum Gasteiger partial charge on any atom is 0.277 e. The highest BCUT2D eigenvalue weighted by Gasteiger charge is 2.12. The summed E-state index contributed by atoms with van der Waals surface area (Å²) in [4.78, 5) is 0.267. The van der Waals surface area contributed by atoms with Crippen LogP contribution >= 0.6 is 23.4 Å². The summed E-state index contributed by atoms with van der Waals surface area (Å²) in [5, 5.41) is 9.97. The fourth-order valence-electron chi connectivity index (χ4n) is 2.10. The fourth-order valence-corrected chi connectivity index (χ4v) is 4.04. The number of thioether (sulfide) groups is 1. The lowest BCUT2D eigenvalue weighted by Gasteiger charge is -1.99. The lowest BCUT2D eigenvalue weighted by molar-refractivity contribution is 0.466. The van der Waals surface area contributed by atoms with E-state index in [1.165, 1.54) is 17.2 Å². The molecule has 8 heteroatoms. The van der Waals surface area contributed by atoms with Gasteiger partial charge in [-0.3, -0.25) is 0 Å². The van der Waals surface area contributed by atoms with Crippen molar-refractivity contribution in [1.82, 2.24) is 10.2 Å².